The molecule has 0 aliphatic heterocycles. The highest BCUT2D eigenvalue weighted by Crippen LogP contribution is 2.37. The predicted octanol–water partition coefficient (Wildman–Crippen LogP) is 9.03. The van der Waals surface area contributed by atoms with Gasteiger partial charge in [0.15, 0.2) is 0 Å². The Morgan fingerprint density at radius 2 is 1.83 bits per heavy atom. The van der Waals surface area contributed by atoms with Crippen molar-refractivity contribution < 1.29 is 9.90 Å². The van der Waals surface area contributed by atoms with Gasteiger partial charge in [-0.1, -0.05) is 85.3 Å². The third-order valence-electron chi connectivity index (χ3n) is 7.74. The van der Waals surface area contributed by atoms with E-state index in [4.69, 9.17) is 16.6 Å². The molecule has 2 unspecified atom stereocenters. The predicted molar refractivity (Wildman–Crippen MR) is 176 cm³/mol. The molecule has 1 aromatic heterocycles. The Balaban J connectivity index is 1.58. The van der Waals surface area contributed by atoms with Gasteiger partial charge in [0.2, 0.25) is 0 Å². The molecule has 0 amide bonds. The van der Waals surface area contributed by atoms with Crippen molar-refractivity contribution in [2.24, 2.45) is 5.92 Å². The van der Waals surface area contributed by atoms with Crippen LogP contribution in [0.2, 0.25) is 5.02 Å². The van der Waals surface area contributed by atoms with Crippen LogP contribution in [0.4, 0.5) is 0 Å². The number of benzene rings is 3. The Morgan fingerprint density at radius 3 is 2.59 bits per heavy atom. The molecule has 4 rings (SSSR count). The first-order valence-corrected chi connectivity index (χ1v) is 15.6. The number of halogens is 1. The molecule has 0 aliphatic rings. The Kier molecular flexibility index (Phi) is 10.7. The maximum absolute atomic E-state index is 11.8. The van der Waals surface area contributed by atoms with Crippen molar-refractivity contribution in [3.05, 3.63) is 112 Å². The van der Waals surface area contributed by atoms with Gasteiger partial charge in [0.25, 0.3) is 0 Å². The summed E-state index contributed by atoms with van der Waals surface area (Å²) in [6.07, 6.45) is 6.56. The maximum atomic E-state index is 11.8. The van der Waals surface area contributed by atoms with Gasteiger partial charge < -0.3 is 10.4 Å². The fraction of sp³-hybridized carbons (Fsp3) is 0.314. The van der Waals surface area contributed by atoms with Crippen LogP contribution in [-0.2, 0) is 16.8 Å². The van der Waals surface area contributed by atoms with Crippen LogP contribution in [0.5, 0.6) is 0 Å². The van der Waals surface area contributed by atoms with Crippen molar-refractivity contribution in [3.63, 3.8) is 0 Å². The highest BCUT2D eigenvalue weighted by molar-refractivity contribution is 7.99. The number of rotatable bonds is 13. The van der Waals surface area contributed by atoms with E-state index in [1.54, 1.807) is 11.8 Å². The van der Waals surface area contributed by atoms with E-state index in [-0.39, 0.29) is 16.7 Å². The summed E-state index contributed by atoms with van der Waals surface area (Å²) in [6, 6.07) is 27.0. The molecule has 1 heterocycles. The van der Waals surface area contributed by atoms with Crippen LogP contribution in [0.25, 0.3) is 23.1 Å². The molecule has 0 spiro atoms. The van der Waals surface area contributed by atoms with Crippen molar-refractivity contribution in [2.75, 3.05) is 12.8 Å². The normalized spacial score (nSPS) is 13.5. The fourth-order valence-electron chi connectivity index (χ4n) is 4.96. The van der Waals surface area contributed by atoms with Crippen LogP contribution in [0.15, 0.2) is 78.9 Å². The van der Waals surface area contributed by atoms with Crippen molar-refractivity contribution in [3.8, 4) is 0 Å². The molecular formula is C35H39ClN2O2S. The molecule has 0 aliphatic carbocycles. The lowest BCUT2D eigenvalue weighted by Gasteiger charge is -2.28. The number of aliphatic carboxylic acids is 1. The number of carboxylic acids is 1. The van der Waals surface area contributed by atoms with E-state index < -0.39 is 5.97 Å². The third-order valence-corrected chi connectivity index (χ3v) is 9.48. The minimum atomic E-state index is -0.722. The number of thioether (sulfide) groups is 1. The van der Waals surface area contributed by atoms with Gasteiger partial charge in [-0.3, -0.25) is 4.79 Å². The number of aryl methyl sites for hydroxylation is 1. The van der Waals surface area contributed by atoms with Crippen molar-refractivity contribution in [1.82, 2.24) is 10.3 Å². The monoisotopic (exact) mass is 586 g/mol. The molecule has 2 atom stereocenters. The summed E-state index contributed by atoms with van der Waals surface area (Å²) in [5, 5.41) is 15.0. The number of carboxylic acid groups (broad SMARTS) is 1. The quantitative estimate of drug-likeness (QED) is 0.164. The number of fused-ring (bicyclic) bond motifs is 1. The second-order valence-corrected chi connectivity index (χ2v) is 12.6. The van der Waals surface area contributed by atoms with Crippen LogP contribution in [0, 0.1) is 5.92 Å². The molecule has 0 fully saturated rings. The lowest BCUT2D eigenvalue weighted by Crippen LogP contribution is -2.34. The summed E-state index contributed by atoms with van der Waals surface area (Å²) in [6.45, 7) is 6.35. The lowest BCUT2D eigenvalue weighted by molar-refractivity contribution is -0.140. The minimum absolute atomic E-state index is 0.136. The van der Waals surface area contributed by atoms with Gasteiger partial charge in [-0.25, -0.2) is 4.98 Å². The lowest BCUT2D eigenvalue weighted by atomic mass is 9.88. The zero-order valence-corrected chi connectivity index (χ0v) is 25.8. The van der Waals surface area contributed by atoms with Gasteiger partial charge in [-0.2, -0.15) is 11.8 Å². The van der Waals surface area contributed by atoms with E-state index in [0.29, 0.717) is 17.2 Å². The summed E-state index contributed by atoms with van der Waals surface area (Å²) in [5.74, 6) is -0.488. The topological polar surface area (TPSA) is 62.2 Å². The van der Waals surface area contributed by atoms with Crippen LogP contribution in [0.1, 0.15) is 66.8 Å². The van der Waals surface area contributed by atoms with Crippen molar-refractivity contribution in [2.45, 2.75) is 50.8 Å². The van der Waals surface area contributed by atoms with E-state index in [9.17, 15) is 9.90 Å². The van der Waals surface area contributed by atoms with Crippen LogP contribution in [-0.4, -0.2) is 28.9 Å². The first kappa shape index (κ1) is 30.8. The summed E-state index contributed by atoms with van der Waals surface area (Å²) in [4.78, 5) is 16.5. The Labute approximate surface area is 253 Å². The molecule has 41 heavy (non-hydrogen) atoms. The Morgan fingerprint density at radius 1 is 1.05 bits per heavy atom. The van der Waals surface area contributed by atoms with Gasteiger partial charge >= 0.3 is 5.97 Å². The fourth-order valence-corrected chi connectivity index (χ4v) is 6.59. The largest absolute Gasteiger partial charge is 0.481 e. The highest BCUT2D eigenvalue weighted by atomic mass is 35.5. The number of hydrogen-bond acceptors (Lipinski definition) is 4. The third kappa shape index (κ3) is 8.22. The summed E-state index contributed by atoms with van der Waals surface area (Å²) in [5.41, 5.74) is 6.51. The molecule has 0 saturated carbocycles. The summed E-state index contributed by atoms with van der Waals surface area (Å²) < 4.78 is 0. The SMILES string of the molecule is CCC(CSC(CCc1ccccc1C(C)(C)NC)c1cccc(/C=C/c2ccc3ccc(Cl)cc3n2)c1)C(=O)O. The number of carbonyl (C=O) groups is 1. The van der Waals surface area contributed by atoms with Gasteiger partial charge in [-0.15, -0.1) is 0 Å². The van der Waals surface area contributed by atoms with Crippen LogP contribution >= 0.6 is 23.4 Å². The van der Waals surface area contributed by atoms with Crippen LogP contribution in [0.3, 0.4) is 0 Å². The molecule has 0 radical (unpaired) electrons. The smallest absolute Gasteiger partial charge is 0.307 e. The zero-order chi connectivity index (χ0) is 29.4. The molecule has 0 bridgehead atoms. The zero-order valence-electron chi connectivity index (χ0n) is 24.2. The van der Waals surface area contributed by atoms with Gasteiger partial charge in [-0.05, 0) is 86.7 Å². The average Bonchev–Trinajstić information content (AvgIpc) is 2.97. The second-order valence-electron chi connectivity index (χ2n) is 10.9. The second kappa shape index (κ2) is 14.2. The number of hydrogen-bond donors (Lipinski definition) is 2. The molecule has 214 valence electrons. The Bertz CT molecular complexity index is 1520. The number of pyridine rings is 1. The molecule has 4 aromatic rings. The first-order chi connectivity index (χ1) is 19.7. The molecule has 2 N–H and O–H groups in total. The van der Waals surface area contributed by atoms with E-state index in [2.05, 4.69) is 79.8 Å². The van der Waals surface area contributed by atoms with E-state index in [1.165, 1.54) is 16.7 Å². The van der Waals surface area contributed by atoms with Gasteiger partial charge in [0, 0.05) is 27.0 Å². The summed E-state index contributed by atoms with van der Waals surface area (Å²) >= 11 is 7.92. The van der Waals surface area contributed by atoms with E-state index in [1.807, 2.05) is 44.3 Å². The van der Waals surface area contributed by atoms with Gasteiger partial charge in [0.1, 0.15) is 0 Å². The van der Waals surface area contributed by atoms with Gasteiger partial charge in [0.05, 0.1) is 17.1 Å². The molecule has 4 nitrogen and oxygen atoms in total. The number of nitrogens with one attached hydrogen (secondary N) is 1. The maximum Gasteiger partial charge on any atom is 0.307 e. The summed E-state index contributed by atoms with van der Waals surface area (Å²) in [7, 11) is 1.99. The van der Waals surface area contributed by atoms with Crippen molar-refractivity contribution in [1.29, 1.82) is 0 Å². The number of nitrogens with zero attached hydrogens (tertiary/aromatic N) is 1. The average molecular weight is 587 g/mol. The highest BCUT2D eigenvalue weighted by Gasteiger charge is 2.23. The van der Waals surface area contributed by atoms with Crippen LogP contribution < -0.4 is 5.32 Å². The minimum Gasteiger partial charge on any atom is -0.481 e. The molecular weight excluding hydrogens is 548 g/mol. The number of aromatic nitrogens is 1. The Hall–Kier alpha value is -3.12. The van der Waals surface area contributed by atoms with E-state index >= 15 is 0 Å². The molecule has 3 aromatic carbocycles. The molecule has 6 heteroatoms. The van der Waals surface area contributed by atoms with Crippen molar-refractivity contribution >= 4 is 52.4 Å². The standard InChI is InChI=1S/C35H39ClN2O2S/c1-5-25(34(39)40)23-41-33(20-16-26-10-6-7-12-31(26)35(2,3)37-4)28-11-8-9-24(21-28)13-18-30-19-15-27-14-17-29(36)22-32(27)38-30/h6-15,17-19,21-22,25,33,37H,5,16,20,23H2,1-4H3,(H,39,40)/b18-13+. The van der Waals surface area contributed by atoms with E-state index in [0.717, 1.165) is 35.0 Å². The first-order valence-electron chi connectivity index (χ1n) is 14.2. The molecule has 0 saturated heterocycles.